The predicted octanol–water partition coefficient (Wildman–Crippen LogP) is 5.49. The second-order valence-electron chi connectivity index (χ2n) is 4.04. The van der Waals surface area contributed by atoms with Crippen molar-refractivity contribution >= 4 is 49.2 Å². The van der Waals surface area contributed by atoms with E-state index in [1.54, 1.807) is 36.4 Å². The maximum absolute atomic E-state index is 12.4. The van der Waals surface area contributed by atoms with Crippen LogP contribution in [0.4, 0.5) is 0 Å². The molecule has 0 aliphatic rings. The van der Waals surface area contributed by atoms with Crippen LogP contribution < -0.4 is 4.74 Å². The molecule has 0 saturated heterocycles. The molecular formula is C15H11Br2ClO2. The predicted molar refractivity (Wildman–Crippen MR) is 87.9 cm³/mol. The molecule has 2 nitrogen and oxygen atoms in total. The third-order valence-corrected chi connectivity index (χ3v) is 4.53. The summed E-state index contributed by atoms with van der Waals surface area (Å²) in [5.41, 5.74) is 1.13. The molecule has 0 unspecified atom stereocenters. The van der Waals surface area contributed by atoms with Gasteiger partial charge >= 0.3 is 0 Å². The van der Waals surface area contributed by atoms with E-state index < -0.39 is 0 Å². The molecule has 5 heteroatoms. The lowest BCUT2D eigenvalue weighted by molar-refractivity contribution is 0.103. The zero-order chi connectivity index (χ0) is 14.7. The van der Waals surface area contributed by atoms with Crippen molar-refractivity contribution in [3.8, 4) is 5.75 Å². The van der Waals surface area contributed by atoms with E-state index in [4.69, 9.17) is 16.3 Å². The Labute approximate surface area is 139 Å². The van der Waals surface area contributed by atoms with Gasteiger partial charge in [-0.2, -0.15) is 0 Å². The van der Waals surface area contributed by atoms with Gasteiger partial charge in [-0.1, -0.05) is 11.6 Å². The number of ether oxygens (including phenoxy) is 1. The van der Waals surface area contributed by atoms with E-state index in [1.165, 1.54) is 0 Å². The van der Waals surface area contributed by atoms with Crippen molar-refractivity contribution in [3.05, 3.63) is 61.5 Å². The first-order valence-corrected chi connectivity index (χ1v) is 7.91. The number of hydrogen-bond acceptors (Lipinski definition) is 2. The molecule has 2 aromatic rings. The third-order valence-electron chi connectivity index (χ3n) is 2.68. The lowest BCUT2D eigenvalue weighted by Crippen LogP contribution is -2.02. The molecule has 2 rings (SSSR count). The van der Waals surface area contributed by atoms with E-state index >= 15 is 0 Å². The smallest absolute Gasteiger partial charge is 0.193 e. The van der Waals surface area contributed by atoms with E-state index in [0.29, 0.717) is 22.8 Å². The fourth-order valence-electron chi connectivity index (χ4n) is 1.72. The van der Waals surface area contributed by atoms with Crippen LogP contribution in [0.5, 0.6) is 5.75 Å². The van der Waals surface area contributed by atoms with Crippen molar-refractivity contribution < 1.29 is 9.53 Å². The summed E-state index contributed by atoms with van der Waals surface area (Å²) in [5.74, 6) is 0.640. The van der Waals surface area contributed by atoms with Gasteiger partial charge in [-0.3, -0.25) is 4.79 Å². The van der Waals surface area contributed by atoms with Crippen molar-refractivity contribution in [3.63, 3.8) is 0 Å². The summed E-state index contributed by atoms with van der Waals surface area (Å²) in [6.45, 7) is 2.49. The highest BCUT2D eigenvalue weighted by Crippen LogP contribution is 2.28. The van der Waals surface area contributed by atoms with Crippen molar-refractivity contribution in [2.24, 2.45) is 0 Å². The van der Waals surface area contributed by atoms with Crippen LogP contribution in [-0.2, 0) is 0 Å². The number of ketones is 1. The number of carbonyl (C=O) groups excluding carboxylic acids is 1. The molecule has 0 radical (unpaired) electrons. The molecule has 0 N–H and O–H groups in total. The Bertz CT molecular complexity index is 656. The molecule has 2 aromatic carbocycles. The monoisotopic (exact) mass is 416 g/mol. The zero-order valence-corrected chi connectivity index (χ0v) is 14.5. The van der Waals surface area contributed by atoms with Gasteiger partial charge in [-0.25, -0.2) is 0 Å². The van der Waals surface area contributed by atoms with E-state index in [9.17, 15) is 4.79 Å². The van der Waals surface area contributed by atoms with E-state index in [2.05, 4.69) is 31.9 Å². The summed E-state index contributed by atoms with van der Waals surface area (Å²) < 4.78 is 6.95. The van der Waals surface area contributed by atoms with Crippen molar-refractivity contribution in [1.29, 1.82) is 0 Å². The minimum atomic E-state index is -0.0804. The highest BCUT2D eigenvalue weighted by Gasteiger charge is 2.12. The van der Waals surface area contributed by atoms with Crippen LogP contribution in [0, 0.1) is 0 Å². The average molecular weight is 419 g/mol. The molecule has 0 aromatic heterocycles. The number of halogens is 3. The summed E-state index contributed by atoms with van der Waals surface area (Å²) in [7, 11) is 0. The zero-order valence-electron chi connectivity index (χ0n) is 10.6. The molecule has 0 bridgehead atoms. The summed E-state index contributed by atoms with van der Waals surface area (Å²) in [6, 6.07) is 10.4. The molecule has 0 heterocycles. The molecular weight excluding hydrogens is 407 g/mol. The normalized spacial score (nSPS) is 10.4. The maximum atomic E-state index is 12.4. The summed E-state index contributed by atoms with van der Waals surface area (Å²) in [4.78, 5) is 12.4. The first kappa shape index (κ1) is 15.5. The van der Waals surface area contributed by atoms with Gasteiger partial charge in [0.05, 0.1) is 16.1 Å². The van der Waals surface area contributed by atoms with Gasteiger partial charge in [0.2, 0.25) is 0 Å². The Morgan fingerprint density at radius 2 is 1.75 bits per heavy atom. The summed E-state index contributed by atoms with van der Waals surface area (Å²) in [5, 5.41) is 0.515. The first-order valence-electron chi connectivity index (χ1n) is 5.95. The molecule has 0 atom stereocenters. The summed E-state index contributed by atoms with van der Waals surface area (Å²) in [6.07, 6.45) is 0. The minimum Gasteiger partial charge on any atom is -0.493 e. The molecule has 20 heavy (non-hydrogen) atoms. The van der Waals surface area contributed by atoms with Crippen LogP contribution in [0.1, 0.15) is 22.8 Å². The van der Waals surface area contributed by atoms with Gasteiger partial charge in [-0.05, 0) is 75.2 Å². The van der Waals surface area contributed by atoms with Gasteiger partial charge in [0, 0.05) is 15.6 Å². The second-order valence-corrected chi connectivity index (χ2v) is 6.15. The highest BCUT2D eigenvalue weighted by molar-refractivity contribution is 9.10. The van der Waals surface area contributed by atoms with Crippen LogP contribution in [0.15, 0.2) is 45.3 Å². The highest BCUT2D eigenvalue weighted by atomic mass is 79.9. The Balaban J connectivity index is 2.33. The maximum Gasteiger partial charge on any atom is 0.193 e. The van der Waals surface area contributed by atoms with Crippen molar-refractivity contribution in [2.75, 3.05) is 6.61 Å². The van der Waals surface area contributed by atoms with E-state index in [1.807, 2.05) is 6.92 Å². The van der Waals surface area contributed by atoms with E-state index in [-0.39, 0.29) is 5.78 Å². The Kier molecular flexibility index (Phi) is 5.24. The van der Waals surface area contributed by atoms with Gasteiger partial charge in [0.25, 0.3) is 0 Å². The minimum absolute atomic E-state index is 0.0804. The van der Waals surface area contributed by atoms with Gasteiger partial charge in [-0.15, -0.1) is 0 Å². The number of carbonyl (C=O) groups is 1. The fourth-order valence-corrected chi connectivity index (χ4v) is 2.64. The lowest BCUT2D eigenvalue weighted by Gasteiger charge is -2.08. The summed E-state index contributed by atoms with van der Waals surface area (Å²) >= 11 is 12.7. The largest absolute Gasteiger partial charge is 0.493 e. The van der Waals surface area contributed by atoms with Gasteiger partial charge in [0.1, 0.15) is 5.75 Å². The molecule has 0 fully saturated rings. The standard InChI is InChI=1S/C15H11Br2ClO2/c1-2-20-14-6-4-9(7-12(14)17)15(19)10-3-5-11(16)13(18)8-10/h3-8H,2H2,1H3. The molecule has 104 valence electrons. The van der Waals surface area contributed by atoms with Crippen LogP contribution >= 0.6 is 43.5 Å². The second kappa shape index (κ2) is 6.74. The van der Waals surface area contributed by atoms with Crippen molar-refractivity contribution in [2.45, 2.75) is 6.92 Å². The molecule has 0 spiro atoms. The topological polar surface area (TPSA) is 26.3 Å². The fraction of sp³-hybridized carbons (Fsp3) is 0.133. The number of hydrogen-bond donors (Lipinski definition) is 0. The van der Waals surface area contributed by atoms with Gasteiger partial charge < -0.3 is 4.74 Å². The molecule has 0 amide bonds. The SMILES string of the molecule is CCOc1ccc(C(=O)c2ccc(Br)c(Cl)c2)cc1Br. The Morgan fingerprint density at radius 3 is 2.35 bits per heavy atom. The molecule has 0 saturated carbocycles. The van der Waals surface area contributed by atoms with Gasteiger partial charge in [0.15, 0.2) is 5.78 Å². The Hall–Kier alpha value is -0.840. The quantitative estimate of drug-likeness (QED) is 0.614. The Morgan fingerprint density at radius 1 is 1.10 bits per heavy atom. The van der Waals surface area contributed by atoms with E-state index in [0.717, 1.165) is 14.7 Å². The number of rotatable bonds is 4. The first-order chi connectivity index (χ1) is 9.52. The van der Waals surface area contributed by atoms with Crippen molar-refractivity contribution in [1.82, 2.24) is 0 Å². The average Bonchev–Trinajstić information content (AvgIpc) is 2.43. The van der Waals surface area contributed by atoms with Crippen LogP contribution in [0.2, 0.25) is 5.02 Å². The molecule has 0 aliphatic heterocycles. The third kappa shape index (κ3) is 3.43. The molecule has 0 aliphatic carbocycles. The van der Waals surface area contributed by atoms with Crippen LogP contribution in [0.25, 0.3) is 0 Å². The van der Waals surface area contributed by atoms with Crippen LogP contribution in [-0.4, -0.2) is 12.4 Å². The number of benzene rings is 2. The lowest BCUT2D eigenvalue weighted by atomic mass is 10.0. The van der Waals surface area contributed by atoms with Crippen LogP contribution in [0.3, 0.4) is 0 Å².